The zero-order chi connectivity index (χ0) is 17.0. The molecule has 124 valence electrons. The number of nitrogens with one attached hydrogen (secondary N) is 2. The van der Waals surface area contributed by atoms with Crippen molar-refractivity contribution < 1.29 is 12.8 Å². The lowest BCUT2D eigenvalue weighted by atomic mass is 10.1. The molecule has 0 bridgehead atoms. The maximum atomic E-state index is 12.5. The zero-order valence-electron chi connectivity index (χ0n) is 13.2. The van der Waals surface area contributed by atoms with E-state index in [2.05, 4.69) is 10.0 Å². The minimum atomic E-state index is -3.63. The van der Waals surface area contributed by atoms with Crippen LogP contribution >= 0.6 is 0 Å². The Labute approximate surface area is 141 Å². The van der Waals surface area contributed by atoms with Crippen molar-refractivity contribution in [1.82, 2.24) is 5.32 Å². The highest BCUT2D eigenvalue weighted by Crippen LogP contribution is 2.27. The summed E-state index contributed by atoms with van der Waals surface area (Å²) in [6, 6.07) is 17.5. The molecule has 0 amide bonds. The number of sulfonamides is 1. The fourth-order valence-electron chi connectivity index (χ4n) is 2.46. The zero-order valence-corrected chi connectivity index (χ0v) is 14.0. The Kier molecular flexibility index (Phi) is 4.69. The lowest BCUT2D eigenvalue weighted by Crippen LogP contribution is -2.13. The topological polar surface area (TPSA) is 71.3 Å². The SMILES string of the molecule is CNCc1cc(NS(=O)(=O)c2ccccc2)cc(-c2ccco2)c1. The van der Waals surface area contributed by atoms with Crippen LogP contribution in [0.25, 0.3) is 11.3 Å². The second-order valence-corrected chi connectivity index (χ2v) is 7.03. The van der Waals surface area contributed by atoms with E-state index in [1.165, 1.54) is 0 Å². The molecule has 0 spiro atoms. The van der Waals surface area contributed by atoms with Crippen molar-refractivity contribution >= 4 is 15.7 Å². The third kappa shape index (κ3) is 3.67. The van der Waals surface area contributed by atoms with E-state index in [0.29, 0.717) is 18.0 Å². The summed E-state index contributed by atoms with van der Waals surface area (Å²) in [5, 5.41) is 3.07. The number of benzene rings is 2. The normalized spacial score (nSPS) is 11.4. The molecule has 24 heavy (non-hydrogen) atoms. The minimum absolute atomic E-state index is 0.226. The first-order valence-corrected chi connectivity index (χ1v) is 8.97. The summed E-state index contributed by atoms with van der Waals surface area (Å²) >= 11 is 0. The van der Waals surface area contributed by atoms with E-state index in [1.807, 2.05) is 25.2 Å². The molecular formula is C18H18N2O3S. The van der Waals surface area contributed by atoms with Crippen LogP contribution in [0, 0.1) is 0 Å². The van der Waals surface area contributed by atoms with Gasteiger partial charge < -0.3 is 9.73 Å². The molecule has 6 heteroatoms. The van der Waals surface area contributed by atoms with Crippen LogP contribution in [0.3, 0.4) is 0 Å². The summed E-state index contributed by atoms with van der Waals surface area (Å²) in [5.41, 5.74) is 2.27. The Balaban J connectivity index is 1.98. The predicted octanol–water partition coefficient (Wildman–Crippen LogP) is 3.47. The summed E-state index contributed by atoms with van der Waals surface area (Å²) < 4.78 is 33.1. The molecule has 0 unspecified atom stereocenters. The van der Waals surface area contributed by atoms with Crippen molar-refractivity contribution in [2.45, 2.75) is 11.4 Å². The van der Waals surface area contributed by atoms with Gasteiger partial charge in [-0.15, -0.1) is 0 Å². The standard InChI is InChI=1S/C18H18N2O3S/c1-19-13-14-10-15(18-8-5-9-23-18)12-16(11-14)20-24(21,22)17-6-3-2-4-7-17/h2-12,19-20H,13H2,1H3. The third-order valence-corrected chi connectivity index (χ3v) is 4.88. The molecule has 0 atom stereocenters. The van der Waals surface area contributed by atoms with E-state index in [9.17, 15) is 8.42 Å². The Morgan fingerprint density at radius 3 is 2.46 bits per heavy atom. The first-order chi connectivity index (χ1) is 11.6. The van der Waals surface area contributed by atoms with E-state index in [0.717, 1.165) is 11.1 Å². The van der Waals surface area contributed by atoms with E-state index >= 15 is 0 Å². The third-order valence-electron chi connectivity index (χ3n) is 3.49. The molecule has 3 aromatic rings. The van der Waals surface area contributed by atoms with Crippen LogP contribution in [0.2, 0.25) is 0 Å². The molecule has 0 aliphatic rings. The maximum Gasteiger partial charge on any atom is 0.261 e. The van der Waals surface area contributed by atoms with Crippen LogP contribution in [0.1, 0.15) is 5.56 Å². The summed E-state index contributed by atoms with van der Waals surface area (Å²) in [7, 11) is -1.79. The van der Waals surface area contributed by atoms with E-state index < -0.39 is 10.0 Å². The van der Waals surface area contributed by atoms with Gasteiger partial charge in [-0.2, -0.15) is 0 Å². The number of rotatable bonds is 6. The number of hydrogen-bond donors (Lipinski definition) is 2. The quantitative estimate of drug-likeness (QED) is 0.719. The molecule has 0 aliphatic carbocycles. The number of hydrogen-bond acceptors (Lipinski definition) is 4. The van der Waals surface area contributed by atoms with Crippen LogP contribution in [0.4, 0.5) is 5.69 Å². The molecule has 2 aromatic carbocycles. The van der Waals surface area contributed by atoms with Crippen molar-refractivity contribution in [3.8, 4) is 11.3 Å². The smallest absolute Gasteiger partial charge is 0.261 e. The Morgan fingerprint density at radius 1 is 1.00 bits per heavy atom. The molecule has 1 heterocycles. The highest BCUT2D eigenvalue weighted by molar-refractivity contribution is 7.92. The van der Waals surface area contributed by atoms with Crippen LogP contribution in [0.15, 0.2) is 76.2 Å². The lowest BCUT2D eigenvalue weighted by Gasteiger charge is -2.11. The van der Waals surface area contributed by atoms with Crippen molar-refractivity contribution in [2.24, 2.45) is 0 Å². The van der Waals surface area contributed by atoms with Gasteiger partial charge in [0.15, 0.2) is 0 Å². The van der Waals surface area contributed by atoms with Gasteiger partial charge in [0.25, 0.3) is 10.0 Å². The maximum absolute atomic E-state index is 12.5. The van der Waals surface area contributed by atoms with Gasteiger partial charge in [-0.3, -0.25) is 4.72 Å². The van der Waals surface area contributed by atoms with Gasteiger partial charge in [0, 0.05) is 17.8 Å². The van der Waals surface area contributed by atoms with Crippen LogP contribution in [-0.4, -0.2) is 15.5 Å². The van der Waals surface area contributed by atoms with Gasteiger partial charge in [-0.25, -0.2) is 8.42 Å². The summed E-state index contributed by atoms with van der Waals surface area (Å²) in [4.78, 5) is 0.226. The molecule has 0 fully saturated rings. The van der Waals surface area contributed by atoms with Crippen molar-refractivity contribution in [2.75, 3.05) is 11.8 Å². The molecule has 2 N–H and O–H groups in total. The summed E-state index contributed by atoms with van der Waals surface area (Å²) in [6.07, 6.45) is 1.59. The first-order valence-electron chi connectivity index (χ1n) is 7.49. The molecular weight excluding hydrogens is 324 g/mol. The van der Waals surface area contributed by atoms with E-state index in [4.69, 9.17) is 4.42 Å². The largest absolute Gasteiger partial charge is 0.464 e. The van der Waals surface area contributed by atoms with Crippen molar-refractivity contribution in [3.05, 3.63) is 72.5 Å². The Hall–Kier alpha value is -2.57. The van der Waals surface area contributed by atoms with Crippen molar-refractivity contribution in [1.29, 1.82) is 0 Å². The average molecular weight is 342 g/mol. The van der Waals surface area contributed by atoms with Gasteiger partial charge in [0.05, 0.1) is 11.2 Å². The summed E-state index contributed by atoms with van der Waals surface area (Å²) in [6.45, 7) is 0.620. The highest BCUT2D eigenvalue weighted by Gasteiger charge is 2.15. The average Bonchev–Trinajstić information content (AvgIpc) is 3.10. The van der Waals surface area contributed by atoms with E-state index in [1.54, 1.807) is 48.7 Å². The first kappa shape index (κ1) is 16.3. The number of anilines is 1. The Morgan fingerprint density at radius 2 is 1.79 bits per heavy atom. The second-order valence-electron chi connectivity index (χ2n) is 5.34. The summed E-state index contributed by atoms with van der Waals surface area (Å²) in [5.74, 6) is 0.688. The van der Waals surface area contributed by atoms with Gasteiger partial charge in [-0.05, 0) is 55.1 Å². The van der Waals surface area contributed by atoms with E-state index in [-0.39, 0.29) is 4.90 Å². The van der Waals surface area contributed by atoms with Crippen LogP contribution in [0.5, 0.6) is 0 Å². The van der Waals surface area contributed by atoms with Gasteiger partial charge in [0.1, 0.15) is 5.76 Å². The van der Waals surface area contributed by atoms with Gasteiger partial charge in [-0.1, -0.05) is 18.2 Å². The molecule has 0 saturated carbocycles. The fraction of sp³-hybridized carbons (Fsp3) is 0.111. The molecule has 0 radical (unpaired) electrons. The fourth-order valence-corrected chi connectivity index (χ4v) is 3.52. The second kappa shape index (κ2) is 6.90. The molecule has 3 rings (SSSR count). The molecule has 1 aromatic heterocycles. The van der Waals surface area contributed by atoms with Crippen LogP contribution < -0.4 is 10.0 Å². The molecule has 0 saturated heterocycles. The molecule has 0 aliphatic heterocycles. The minimum Gasteiger partial charge on any atom is -0.464 e. The predicted molar refractivity (Wildman–Crippen MR) is 94.2 cm³/mol. The Bertz CT molecular complexity index is 905. The van der Waals surface area contributed by atoms with Crippen LogP contribution in [-0.2, 0) is 16.6 Å². The number of furan rings is 1. The lowest BCUT2D eigenvalue weighted by molar-refractivity contribution is 0.582. The van der Waals surface area contributed by atoms with Gasteiger partial charge >= 0.3 is 0 Å². The van der Waals surface area contributed by atoms with Gasteiger partial charge in [0.2, 0.25) is 0 Å². The monoisotopic (exact) mass is 342 g/mol. The molecule has 5 nitrogen and oxygen atoms in total. The highest BCUT2D eigenvalue weighted by atomic mass is 32.2. The van der Waals surface area contributed by atoms with Crippen molar-refractivity contribution in [3.63, 3.8) is 0 Å².